The number of likely N-dealkylation sites (N-methyl/N-ethyl adjacent to an activating group) is 1. The van der Waals surface area contributed by atoms with E-state index in [0.717, 1.165) is 6.54 Å². The van der Waals surface area contributed by atoms with Crippen LogP contribution in [0.2, 0.25) is 0 Å². The largest absolute Gasteiger partial charge is 0.355 e. The fourth-order valence-electron chi connectivity index (χ4n) is 1.84. The second-order valence-electron chi connectivity index (χ2n) is 6.55. The first kappa shape index (κ1) is 24.0. The number of aliphatic imine (C=N–C) groups is 1. The number of rotatable bonds is 7. The summed E-state index contributed by atoms with van der Waals surface area (Å²) < 4.78 is 0.0873. The number of guanidine groups is 1. The third-order valence-electron chi connectivity index (χ3n) is 3.76. The summed E-state index contributed by atoms with van der Waals surface area (Å²) in [6, 6.07) is 10.3. The van der Waals surface area contributed by atoms with E-state index >= 15 is 0 Å². The van der Waals surface area contributed by atoms with E-state index < -0.39 is 0 Å². The normalized spacial score (nSPS) is 12.8. The van der Waals surface area contributed by atoms with Crippen LogP contribution in [0.5, 0.6) is 0 Å². The highest BCUT2D eigenvalue weighted by Crippen LogP contribution is 2.19. The fourth-order valence-corrected chi connectivity index (χ4v) is 2.06. The summed E-state index contributed by atoms with van der Waals surface area (Å²) in [4.78, 5) is 17.8. The lowest BCUT2D eigenvalue weighted by molar-refractivity contribution is -0.127. The number of hydrogen-bond acceptors (Lipinski definition) is 3. The molecule has 0 aliphatic heterocycles. The summed E-state index contributed by atoms with van der Waals surface area (Å²) in [7, 11) is 3.48. The number of hydrogen-bond donors (Lipinski definition) is 2. The highest BCUT2D eigenvalue weighted by molar-refractivity contribution is 14.0. The molecule has 1 rings (SSSR count). The quantitative estimate of drug-likeness (QED) is 0.359. The van der Waals surface area contributed by atoms with Crippen LogP contribution in [0, 0.1) is 0 Å². The van der Waals surface area contributed by atoms with Gasteiger partial charge < -0.3 is 15.5 Å². The molecule has 1 unspecified atom stereocenters. The standard InChI is InChI=1S/C18H30N4OS.HI/c1-14(15-10-8-7-9-11-15)21-17(19-12-16(23)22(4)5)20-13-18(2,3)24-6;/h7-11,14H,12-13H2,1-6H3,(H2,19,20,21);1H. The molecule has 142 valence electrons. The van der Waals surface area contributed by atoms with Crippen molar-refractivity contribution >= 4 is 47.6 Å². The van der Waals surface area contributed by atoms with E-state index in [1.165, 1.54) is 5.56 Å². The number of carbonyl (C=O) groups is 1. The van der Waals surface area contributed by atoms with E-state index in [1.807, 2.05) is 18.2 Å². The molecule has 0 saturated carbocycles. The summed E-state index contributed by atoms with van der Waals surface area (Å²) in [5, 5.41) is 6.74. The molecule has 1 aromatic rings. The molecule has 1 atom stereocenters. The molecule has 0 heterocycles. The van der Waals surface area contributed by atoms with Crippen LogP contribution in [-0.4, -0.2) is 55.0 Å². The molecule has 2 N–H and O–H groups in total. The van der Waals surface area contributed by atoms with Crippen LogP contribution in [0.4, 0.5) is 0 Å². The zero-order valence-corrected chi connectivity index (χ0v) is 19.1. The number of carbonyl (C=O) groups excluding carboxylic acids is 1. The minimum atomic E-state index is -0.0207. The van der Waals surface area contributed by atoms with Gasteiger partial charge in [0.2, 0.25) is 5.91 Å². The maximum Gasteiger partial charge on any atom is 0.243 e. The second-order valence-corrected chi connectivity index (χ2v) is 8.06. The van der Waals surface area contributed by atoms with Crippen LogP contribution in [0.15, 0.2) is 35.3 Å². The van der Waals surface area contributed by atoms with Crippen molar-refractivity contribution < 1.29 is 4.79 Å². The molecule has 0 fully saturated rings. The molecule has 7 heteroatoms. The van der Waals surface area contributed by atoms with Gasteiger partial charge in [-0.1, -0.05) is 30.3 Å². The van der Waals surface area contributed by atoms with Gasteiger partial charge in [-0.05, 0) is 32.6 Å². The van der Waals surface area contributed by atoms with Crippen LogP contribution in [-0.2, 0) is 4.79 Å². The average molecular weight is 478 g/mol. The Hall–Kier alpha value is -0.960. The number of benzene rings is 1. The van der Waals surface area contributed by atoms with Crippen molar-refractivity contribution in [2.75, 3.05) is 33.4 Å². The van der Waals surface area contributed by atoms with Crippen LogP contribution in [0.3, 0.4) is 0 Å². The average Bonchev–Trinajstić information content (AvgIpc) is 2.57. The molecule has 25 heavy (non-hydrogen) atoms. The Morgan fingerprint density at radius 1 is 1.28 bits per heavy atom. The van der Waals surface area contributed by atoms with Crippen molar-refractivity contribution in [3.05, 3.63) is 35.9 Å². The van der Waals surface area contributed by atoms with Gasteiger partial charge in [0, 0.05) is 25.4 Å². The Morgan fingerprint density at radius 3 is 2.40 bits per heavy atom. The first-order valence-corrected chi connectivity index (χ1v) is 9.33. The maximum absolute atomic E-state index is 11.8. The van der Waals surface area contributed by atoms with Crippen molar-refractivity contribution in [2.24, 2.45) is 4.99 Å². The Morgan fingerprint density at radius 2 is 1.88 bits per heavy atom. The van der Waals surface area contributed by atoms with E-state index in [9.17, 15) is 4.79 Å². The molecule has 1 amide bonds. The highest BCUT2D eigenvalue weighted by Gasteiger charge is 2.17. The zero-order chi connectivity index (χ0) is 18.2. The smallest absolute Gasteiger partial charge is 0.243 e. The Labute approximate surface area is 173 Å². The SMILES string of the molecule is CSC(C)(C)CNC(=NCC(=O)N(C)C)NC(C)c1ccccc1.I. The lowest BCUT2D eigenvalue weighted by atomic mass is 10.1. The molecule has 0 bridgehead atoms. The van der Waals surface area contributed by atoms with Gasteiger partial charge in [-0.2, -0.15) is 11.8 Å². The molecule has 1 aromatic carbocycles. The predicted molar refractivity (Wildman–Crippen MR) is 120 cm³/mol. The highest BCUT2D eigenvalue weighted by atomic mass is 127. The minimum absolute atomic E-state index is 0. The van der Waals surface area contributed by atoms with Gasteiger partial charge in [0.1, 0.15) is 6.54 Å². The Kier molecular flexibility index (Phi) is 11.2. The van der Waals surface area contributed by atoms with Crippen LogP contribution < -0.4 is 10.6 Å². The number of nitrogens with one attached hydrogen (secondary N) is 2. The van der Waals surface area contributed by atoms with Crippen molar-refractivity contribution in [3.8, 4) is 0 Å². The molecule has 0 spiro atoms. The first-order valence-electron chi connectivity index (χ1n) is 8.10. The molecule has 0 radical (unpaired) electrons. The molecule has 0 aliphatic rings. The molecule has 0 aromatic heterocycles. The van der Waals surface area contributed by atoms with Gasteiger partial charge in [0.25, 0.3) is 0 Å². The summed E-state index contributed by atoms with van der Waals surface area (Å²) in [6.07, 6.45) is 2.09. The van der Waals surface area contributed by atoms with Gasteiger partial charge in [0.15, 0.2) is 5.96 Å². The van der Waals surface area contributed by atoms with E-state index in [1.54, 1.807) is 30.8 Å². The lowest BCUT2D eigenvalue weighted by Crippen LogP contribution is -2.44. The maximum atomic E-state index is 11.8. The zero-order valence-electron chi connectivity index (χ0n) is 16.0. The van der Waals surface area contributed by atoms with Gasteiger partial charge in [-0.15, -0.1) is 24.0 Å². The Balaban J connectivity index is 0.00000576. The fraction of sp³-hybridized carbons (Fsp3) is 0.556. The monoisotopic (exact) mass is 478 g/mol. The third kappa shape index (κ3) is 9.34. The van der Waals surface area contributed by atoms with E-state index in [2.05, 4.69) is 54.8 Å². The minimum Gasteiger partial charge on any atom is -0.355 e. The first-order chi connectivity index (χ1) is 11.2. The van der Waals surface area contributed by atoms with Crippen molar-refractivity contribution in [3.63, 3.8) is 0 Å². The number of halogens is 1. The van der Waals surface area contributed by atoms with Crippen molar-refractivity contribution in [2.45, 2.75) is 31.6 Å². The van der Waals surface area contributed by atoms with Crippen LogP contribution in [0.25, 0.3) is 0 Å². The number of nitrogens with zero attached hydrogens (tertiary/aromatic N) is 2. The molecular weight excluding hydrogens is 447 g/mol. The van der Waals surface area contributed by atoms with Gasteiger partial charge in [-0.25, -0.2) is 4.99 Å². The molecule has 0 aliphatic carbocycles. The summed E-state index contributed by atoms with van der Waals surface area (Å²) in [6.45, 7) is 7.32. The topological polar surface area (TPSA) is 56.7 Å². The van der Waals surface area contributed by atoms with Gasteiger partial charge in [-0.3, -0.25) is 4.79 Å². The van der Waals surface area contributed by atoms with Crippen molar-refractivity contribution in [1.82, 2.24) is 15.5 Å². The Bertz CT molecular complexity index is 549. The van der Waals surface area contributed by atoms with Gasteiger partial charge >= 0.3 is 0 Å². The molecule has 5 nitrogen and oxygen atoms in total. The van der Waals surface area contributed by atoms with E-state index in [0.29, 0.717) is 5.96 Å². The van der Waals surface area contributed by atoms with Crippen LogP contribution >= 0.6 is 35.7 Å². The summed E-state index contributed by atoms with van der Waals surface area (Å²) >= 11 is 1.79. The second kappa shape index (κ2) is 11.6. The number of thioether (sulfide) groups is 1. The summed E-state index contributed by atoms with van der Waals surface area (Å²) in [5.41, 5.74) is 1.18. The number of amides is 1. The van der Waals surface area contributed by atoms with Gasteiger partial charge in [0.05, 0.1) is 6.04 Å². The molecule has 0 saturated heterocycles. The van der Waals surface area contributed by atoms with Crippen molar-refractivity contribution in [1.29, 1.82) is 0 Å². The predicted octanol–water partition coefficient (Wildman–Crippen LogP) is 3.13. The third-order valence-corrected chi connectivity index (χ3v) is 5.01. The van der Waals surface area contributed by atoms with Crippen LogP contribution in [0.1, 0.15) is 32.4 Å². The lowest BCUT2D eigenvalue weighted by Gasteiger charge is -2.25. The van der Waals surface area contributed by atoms with E-state index in [4.69, 9.17) is 0 Å². The molecular formula is C18H31IN4OS. The van der Waals surface area contributed by atoms with E-state index in [-0.39, 0.29) is 47.2 Å². The summed E-state index contributed by atoms with van der Waals surface area (Å²) in [5.74, 6) is 0.635.